The van der Waals surface area contributed by atoms with Crippen LogP contribution in [0.25, 0.3) is 0 Å². The minimum absolute atomic E-state index is 0.00906. The molecule has 2 N–H and O–H groups in total. The molecule has 23 heavy (non-hydrogen) atoms. The lowest BCUT2D eigenvalue weighted by atomic mass is 10.4. The zero-order valence-electron chi connectivity index (χ0n) is 12.2. The van der Waals surface area contributed by atoms with Crippen molar-refractivity contribution in [3.05, 3.63) is 29.3 Å². The normalized spacial score (nSPS) is 12.0. The van der Waals surface area contributed by atoms with Crippen LogP contribution in [0.2, 0.25) is 5.02 Å². The quantitative estimate of drug-likeness (QED) is 0.539. The van der Waals surface area contributed by atoms with Crippen LogP contribution in [0.4, 0.5) is 0 Å². The van der Waals surface area contributed by atoms with E-state index in [1.165, 1.54) is 31.2 Å². The summed E-state index contributed by atoms with van der Waals surface area (Å²) in [7, 11) is -3.91. The molecule has 9 heteroatoms. The zero-order valence-corrected chi connectivity index (χ0v) is 13.8. The Labute approximate surface area is 139 Å². The van der Waals surface area contributed by atoms with Gasteiger partial charge in [-0.15, -0.1) is 6.42 Å². The lowest BCUT2D eigenvalue weighted by molar-refractivity contribution is -0.149. The lowest BCUT2D eigenvalue weighted by Gasteiger charge is -2.13. The first-order valence-electron chi connectivity index (χ1n) is 6.41. The average molecular weight is 359 g/mol. The number of sulfonamides is 1. The van der Waals surface area contributed by atoms with Crippen LogP contribution in [0.15, 0.2) is 29.2 Å². The third kappa shape index (κ3) is 6.28. The maximum absolute atomic E-state index is 12.1. The number of nitrogens with one attached hydrogen (secondary N) is 2. The van der Waals surface area contributed by atoms with Gasteiger partial charge in [0.1, 0.15) is 6.04 Å². The van der Waals surface area contributed by atoms with Crippen LogP contribution in [0.1, 0.15) is 6.92 Å². The monoisotopic (exact) mass is 358 g/mol. The van der Waals surface area contributed by atoms with Gasteiger partial charge in [-0.25, -0.2) is 8.42 Å². The van der Waals surface area contributed by atoms with E-state index in [0.29, 0.717) is 5.02 Å². The molecule has 0 heterocycles. The summed E-state index contributed by atoms with van der Waals surface area (Å²) in [5.74, 6) is 0.719. The number of hydrogen-bond acceptors (Lipinski definition) is 5. The summed E-state index contributed by atoms with van der Waals surface area (Å²) in [6.45, 7) is 0.762. The Hall–Kier alpha value is -2.08. The highest BCUT2D eigenvalue weighted by Gasteiger charge is 2.23. The van der Waals surface area contributed by atoms with E-state index in [2.05, 4.69) is 16.0 Å². The third-order valence-electron chi connectivity index (χ3n) is 2.54. The Morgan fingerprint density at radius 2 is 1.96 bits per heavy atom. The third-order valence-corrected chi connectivity index (χ3v) is 4.35. The van der Waals surface area contributed by atoms with Crippen LogP contribution in [0.3, 0.4) is 0 Å². The topological polar surface area (TPSA) is 102 Å². The number of carbonyl (C=O) groups excluding carboxylic acids is 2. The van der Waals surface area contributed by atoms with Crippen molar-refractivity contribution in [2.45, 2.75) is 17.9 Å². The fraction of sp³-hybridized carbons (Fsp3) is 0.286. The number of halogens is 1. The van der Waals surface area contributed by atoms with Crippen molar-refractivity contribution < 1.29 is 22.7 Å². The number of benzene rings is 1. The first kappa shape index (κ1) is 19.0. The smallest absolute Gasteiger partial charge is 0.324 e. The van der Waals surface area contributed by atoms with E-state index in [4.69, 9.17) is 22.8 Å². The molecular formula is C14H15ClN2O5S. The van der Waals surface area contributed by atoms with Crippen molar-refractivity contribution >= 4 is 33.5 Å². The van der Waals surface area contributed by atoms with Gasteiger partial charge in [0.2, 0.25) is 10.0 Å². The molecule has 0 spiro atoms. The van der Waals surface area contributed by atoms with Crippen molar-refractivity contribution in [2.24, 2.45) is 0 Å². The molecule has 0 aliphatic rings. The number of hydrogen-bond donors (Lipinski definition) is 2. The molecule has 0 saturated heterocycles. The van der Waals surface area contributed by atoms with E-state index in [1.54, 1.807) is 0 Å². The minimum Gasteiger partial charge on any atom is -0.454 e. The van der Waals surface area contributed by atoms with E-state index in [-0.39, 0.29) is 11.4 Å². The van der Waals surface area contributed by atoms with Crippen LogP contribution < -0.4 is 10.0 Å². The molecule has 0 fully saturated rings. The summed E-state index contributed by atoms with van der Waals surface area (Å²) in [5, 5.41) is 2.69. The second-order valence-electron chi connectivity index (χ2n) is 4.39. The van der Waals surface area contributed by atoms with E-state index >= 15 is 0 Å². The number of terminal acetylenes is 1. The van der Waals surface area contributed by atoms with E-state index in [9.17, 15) is 18.0 Å². The Balaban J connectivity index is 2.59. The predicted octanol–water partition coefficient (Wildman–Crippen LogP) is 0.299. The summed E-state index contributed by atoms with van der Waals surface area (Å²) >= 11 is 5.69. The van der Waals surface area contributed by atoms with Crippen LogP contribution in [0, 0.1) is 12.3 Å². The highest BCUT2D eigenvalue weighted by atomic mass is 35.5. The SMILES string of the molecule is C#CCNC(=O)COC(=O)[C@H](C)NS(=O)(=O)c1ccc(Cl)cc1. The van der Waals surface area contributed by atoms with E-state index in [1.807, 2.05) is 0 Å². The molecule has 0 unspecified atom stereocenters. The minimum atomic E-state index is -3.91. The van der Waals surface area contributed by atoms with Crippen molar-refractivity contribution in [3.63, 3.8) is 0 Å². The van der Waals surface area contributed by atoms with Gasteiger partial charge in [-0.2, -0.15) is 4.72 Å². The molecule has 1 aromatic rings. The van der Waals surface area contributed by atoms with Crippen LogP contribution in [0.5, 0.6) is 0 Å². The number of carbonyl (C=O) groups is 2. The van der Waals surface area contributed by atoms with Gasteiger partial charge in [0.25, 0.3) is 5.91 Å². The van der Waals surface area contributed by atoms with Crippen LogP contribution in [-0.2, 0) is 24.3 Å². The molecular weight excluding hydrogens is 344 g/mol. The number of rotatable bonds is 7. The van der Waals surface area contributed by atoms with Gasteiger partial charge in [-0.1, -0.05) is 17.5 Å². The largest absolute Gasteiger partial charge is 0.454 e. The average Bonchev–Trinajstić information content (AvgIpc) is 2.50. The molecule has 0 aliphatic heterocycles. The van der Waals surface area contributed by atoms with Crippen molar-refractivity contribution in [2.75, 3.05) is 13.2 Å². The Kier molecular flexibility index (Phi) is 7.03. The summed E-state index contributed by atoms with van der Waals surface area (Å²) < 4.78 is 31.0. The zero-order chi connectivity index (χ0) is 17.5. The molecule has 7 nitrogen and oxygen atoms in total. The predicted molar refractivity (Wildman–Crippen MR) is 84.0 cm³/mol. The Bertz CT molecular complexity index is 710. The maximum atomic E-state index is 12.1. The maximum Gasteiger partial charge on any atom is 0.324 e. The first-order valence-corrected chi connectivity index (χ1v) is 8.27. The summed E-state index contributed by atoms with van der Waals surface area (Å²) in [4.78, 5) is 22.9. The van der Waals surface area contributed by atoms with Gasteiger partial charge >= 0.3 is 5.97 Å². The highest BCUT2D eigenvalue weighted by molar-refractivity contribution is 7.89. The lowest BCUT2D eigenvalue weighted by Crippen LogP contribution is -2.40. The molecule has 0 bridgehead atoms. The number of esters is 1. The molecule has 1 rings (SSSR count). The van der Waals surface area contributed by atoms with Crippen LogP contribution >= 0.6 is 11.6 Å². The first-order chi connectivity index (χ1) is 10.8. The fourth-order valence-electron chi connectivity index (χ4n) is 1.42. The van der Waals surface area contributed by atoms with Gasteiger partial charge in [0.05, 0.1) is 11.4 Å². The van der Waals surface area contributed by atoms with E-state index < -0.39 is 34.5 Å². The van der Waals surface area contributed by atoms with Gasteiger partial charge in [-0.05, 0) is 31.2 Å². The van der Waals surface area contributed by atoms with Gasteiger partial charge in [0.15, 0.2) is 6.61 Å². The fourth-order valence-corrected chi connectivity index (χ4v) is 2.74. The molecule has 0 aromatic heterocycles. The van der Waals surface area contributed by atoms with Gasteiger partial charge in [0, 0.05) is 5.02 Å². The second-order valence-corrected chi connectivity index (χ2v) is 6.54. The molecule has 1 aromatic carbocycles. The van der Waals surface area contributed by atoms with Gasteiger partial charge < -0.3 is 10.1 Å². The van der Waals surface area contributed by atoms with Gasteiger partial charge in [-0.3, -0.25) is 9.59 Å². The Morgan fingerprint density at radius 1 is 1.35 bits per heavy atom. The van der Waals surface area contributed by atoms with E-state index in [0.717, 1.165) is 0 Å². The summed E-state index contributed by atoms with van der Waals surface area (Å²) in [6.07, 6.45) is 4.96. The van der Waals surface area contributed by atoms with Crippen LogP contribution in [-0.4, -0.2) is 39.5 Å². The van der Waals surface area contributed by atoms with Crippen molar-refractivity contribution in [3.8, 4) is 12.3 Å². The summed E-state index contributed by atoms with van der Waals surface area (Å²) in [6, 6.07) is 4.26. The molecule has 0 saturated carbocycles. The second kappa shape index (κ2) is 8.53. The molecule has 1 amide bonds. The molecule has 1 atom stereocenters. The van der Waals surface area contributed by atoms with Crippen molar-refractivity contribution in [1.82, 2.24) is 10.0 Å². The Morgan fingerprint density at radius 3 is 2.52 bits per heavy atom. The molecule has 124 valence electrons. The standard InChI is InChI=1S/C14H15ClN2O5S/c1-3-8-16-13(18)9-22-14(19)10(2)17-23(20,21)12-6-4-11(15)5-7-12/h1,4-7,10,17H,8-9H2,2H3,(H,16,18)/t10-/m0/s1. The number of ether oxygens (including phenoxy) is 1. The summed E-state index contributed by atoms with van der Waals surface area (Å²) in [5.41, 5.74) is 0. The highest BCUT2D eigenvalue weighted by Crippen LogP contribution is 2.14. The molecule has 0 radical (unpaired) electrons. The molecule has 0 aliphatic carbocycles. The number of amides is 1. The van der Waals surface area contributed by atoms with Crippen molar-refractivity contribution in [1.29, 1.82) is 0 Å².